The van der Waals surface area contributed by atoms with E-state index < -0.39 is 10.0 Å². The fraction of sp³-hybridized carbons (Fsp3) is 0.600. The van der Waals surface area contributed by atoms with Crippen LogP contribution in [0, 0.1) is 6.92 Å². The molecular weight excluding hydrogens is 316 g/mol. The van der Waals surface area contributed by atoms with Crippen LogP contribution in [0.15, 0.2) is 18.3 Å². The molecule has 1 fully saturated rings. The van der Waals surface area contributed by atoms with E-state index in [-0.39, 0.29) is 18.6 Å². The summed E-state index contributed by atoms with van der Waals surface area (Å²) in [5.41, 5.74) is 1.87. The molecule has 1 saturated heterocycles. The number of nitrogens with one attached hydrogen (secondary N) is 2. The van der Waals surface area contributed by atoms with Gasteiger partial charge in [-0.1, -0.05) is 6.07 Å². The van der Waals surface area contributed by atoms with Crippen LogP contribution in [0.3, 0.4) is 0 Å². The summed E-state index contributed by atoms with van der Waals surface area (Å²) >= 11 is 0. The number of carbonyl (C=O) groups is 1. The first kappa shape index (κ1) is 17.7. The number of aryl methyl sites for hydroxylation is 1. The van der Waals surface area contributed by atoms with Crippen molar-refractivity contribution in [3.05, 3.63) is 29.6 Å². The molecule has 1 atom stereocenters. The fourth-order valence-electron chi connectivity index (χ4n) is 2.61. The van der Waals surface area contributed by atoms with Crippen molar-refractivity contribution in [2.75, 3.05) is 19.3 Å². The Balaban J connectivity index is 1.90. The summed E-state index contributed by atoms with van der Waals surface area (Å²) in [4.78, 5) is 18.3. The van der Waals surface area contributed by atoms with E-state index in [0.717, 1.165) is 36.8 Å². The van der Waals surface area contributed by atoms with Crippen molar-refractivity contribution < 1.29 is 13.2 Å². The van der Waals surface area contributed by atoms with Gasteiger partial charge in [-0.25, -0.2) is 17.9 Å². The molecule has 8 heteroatoms. The van der Waals surface area contributed by atoms with Gasteiger partial charge in [-0.15, -0.1) is 0 Å². The molecule has 1 aromatic heterocycles. The molecule has 2 amide bonds. The minimum absolute atomic E-state index is 0.102. The first-order valence-corrected chi connectivity index (χ1v) is 9.65. The second-order valence-corrected chi connectivity index (χ2v) is 7.76. The zero-order valence-electron chi connectivity index (χ0n) is 13.6. The largest absolute Gasteiger partial charge is 0.334 e. The Bertz CT molecular complexity index is 631. The molecule has 0 bridgehead atoms. The lowest BCUT2D eigenvalue weighted by Crippen LogP contribution is -2.52. The van der Waals surface area contributed by atoms with Gasteiger partial charge in [0, 0.05) is 37.6 Å². The summed E-state index contributed by atoms with van der Waals surface area (Å²) in [6.07, 6.45) is 5.62. The highest BCUT2D eigenvalue weighted by atomic mass is 32.2. The summed E-state index contributed by atoms with van der Waals surface area (Å²) < 4.78 is 25.0. The van der Waals surface area contributed by atoms with Gasteiger partial charge in [0.05, 0.1) is 6.26 Å². The maximum absolute atomic E-state index is 12.4. The van der Waals surface area contributed by atoms with Crippen LogP contribution >= 0.6 is 0 Å². The van der Waals surface area contributed by atoms with E-state index in [4.69, 9.17) is 0 Å². The minimum Gasteiger partial charge on any atom is -0.334 e. The lowest BCUT2D eigenvalue weighted by molar-refractivity contribution is 0.152. The monoisotopic (exact) mass is 340 g/mol. The number of piperidine rings is 1. The molecule has 1 aliphatic rings. The van der Waals surface area contributed by atoms with Gasteiger partial charge >= 0.3 is 6.03 Å². The standard InChI is InChI=1S/C15H24N4O3S/c1-12-6-7-13(9-16-12)10-17-15(20)19-8-4-3-5-14(19)11-18-23(2,21)22/h6-7,9,14,18H,3-5,8,10-11H2,1-2H3,(H,17,20). The molecule has 1 aromatic rings. The molecule has 7 nitrogen and oxygen atoms in total. The smallest absolute Gasteiger partial charge is 0.317 e. The van der Waals surface area contributed by atoms with E-state index in [1.807, 2.05) is 19.1 Å². The van der Waals surface area contributed by atoms with E-state index in [9.17, 15) is 13.2 Å². The summed E-state index contributed by atoms with van der Waals surface area (Å²) in [6.45, 7) is 3.23. The van der Waals surface area contributed by atoms with Gasteiger partial charge in [-0.05, 0) is 37.8 Å². The fourth-order valence-corrected chi connectivity index (χ4v) is 3.11. The minimum atomic E-state index is -3.25. The van der Waals surface area contributed by atoms with Crippen LogP contribution in [-0.2, 0) is 16.6 Å². The highest BCUT2D eigenvalue weighted by Gasteiger charge is 2.27. The number of likely N-dealkylation sites (tertiary alicyclic amines) is 1. The quantitative estimate of drug-likeness (QED) is 0.837. The van der Waals surface area contributed by atoms with Crippen LogP contribution in [0.4, 0.5) is 4.79 Å². The molecule has 1 aliphatic heterocycles. The summed E-state index contributed by atoms with van der Waals surface area (Å²) in [5, 5.41) is 2.89. The van der Waals surface area contributed by atoms with Gasteiger partial charge in [0.25, 0.3) is 0 Å². The molecule has 2 heterocycles. The molecule has 1 unspecified atom stereocenters. The number of sulfonamides is 1. The molecule has 2 N–H and O–H groups in total. The van der Waals surface area contributed by atoms with Crippen molar-refractivity contribution >= 4 is 16.1 Å². The van der Waals surface area contributed by atoms with Crippen LogP contribution < -0.4 is 10.0 Å². The maximum atomic E-state index is 12.4. The van der Waals surface area contributed by atoms with Crippen LogP contribution in [0.5, 0.6) is 0 Å². The highest BCUT2D eigenvalue weighted by molar-refractivity contribution is 7.88. The molecule has 128 valence electrons. The number of hydrogen-bond acceptors (Lipinski definition) is 4. The van der Waals surface area contributed by atoms with E-state index in [1.165, 1.54) is 0 Å². The van der Waals surface area contributed by atoms with Crippen molar-refractivity contribution in [2.45, 2.75) is 38.8 Å². The van der Waals surface area contributed by atoms with Gasteiger partial charge < -0.3 is 10.2 Å². The number of hydrogen-bond donors (Lipinski definition) is 2. The number of nitrogens with zero attached hydrogens (tertiary/aromatic N) is 2. The van der Waals surface area contributed by atoms with Crippen molar-refractivity contribution in [2.24, 2.45) is 0 Å². The molecule has 2 rings (SSSR count). The van der Waals surface area contributed by atoms with Crippen molar-refractivity contribution in [1.82, 2.24) is 19.9 Å². The molecule has 23 heavy (non-hydrogen) atoms. The molecule has 0 saturated carbocycles. The average Bonchev–Trinajstić information content (AvgIpc) is 2.52. The Hall–Kier alpha value is -1.67. The van der Waals surface area contributed by atoms with Gasteiger partial charge in [0.15, 0.2) is 0 Å². The predicted octanol–water partition coefficient (Wildman–Crippen LogP) is 1.00. The Morgan fingerprint density at radius 1 is 1.39 bits per heavy atom. The van der Waals surface area contributed by atoms with Crippen molar-refractivity contribution in [3.8, 4) is 0 Å². The molecular formula is C15H24N4O3S. The van der Waals surface area contributed by atoms with Crippen LogP contribution in [0.25, 0.3) is 0 Å². The Morgan fingerprint density at radius 2 is 2.17 bits per heavy atom. The number of pyridine rings is 1. The third-order valence-corrected chi connectivity index (χ3v) is 4.58. The molecule has 0 aromatic carbocycles. The topological polar surface area (TPSA) is 91.4 Å². The zero-order chi connectivity index (χ0) is 16.9. The normalized spacial score (nSPS) is 18.7. The Kier molecular flexibility index (Phi) is 5.95. The lowest BCUT2D eigenvalue weighted by atomic mass is 10.0. The number of aromatic nitrogens is 1. The van der Waals surface area contributed by atoms with Gasteiger partial charge in [0.2, 0.25) is 10.0 Å². The Morgan fingerprint density at radius 3 is 2.83 bits per heavy atom. The third-order valence-electron chi connectivity index (χ3n) is 3.89. The van der Waals surface area contributed by atoms with E-state index in [2.05, 4.69) is 15.0 Å². The van der Waals surface area contributed by atoms with Gasteiger partial charge in [0.1, 0.15) is 0 Å². The van der Waals surface area contributed by atoms with Crippen molar-refractivity contribution in [1.29, 1.82) is 0 Å². The highest BCUT2D eigenvalue weighted by Crippen LogP contribution is 2.17. The second-order valence-electron chi connectivity index (χ2n) is 5.93. The molecule has 0 aliphatic carbocycles. The van der Waals surface area contributed by atoms with Gasteiger partial charge in [-0.2, -0.15) is 0 Å². The summed E-state index contributed by atoms with van der Waals surface area (Å²) in [5.74, 6) is 0. The molecule has 0 spiro atoms. The first-order chi connectivity index (χ1) is 10.8. The summed E-state index contributed by atoms with van der Waals surface area (Å²) in [7, 11) is -3.25. The second kappa shape index (κ2) is 7.74. The average molecular weight is 340 g/mol. The third kappa shape index (κ3) is 5.80. The van der Waals surface area contributed by atoms with E-state index in [0.29, 0.717) is 13.1 Å². The lowest BCUT2D eigenvalue weighted by Gasteiger charge is -2.35. The maximum Gasteiger partial charge on any atom is 0.317 e. The van der Waals surface area contributed by atoms with Crippen LogP contribution in [0.2, 0.25) is 0 Å². The number of carbonyl (C=O) groups excluding carboxylic acids is 1. The number of rotatable bonds is 5. The summed E-state index contributed by atoms with van der Waals surface area (Å²) in [6, 6.07) is 3.57. The van der Waals surface area contributed by atoms with E-state index >= 15 is 0 Å². The van der Waals surface area contributed by atoms with E-state index in [1.54, 1.807) is 11.1 Å². The van der Waals surface area contributed by atoms with Gasteiger partial charge in [-0.3, -0.25) is 4.98 Å². The number of urea groups is 1. The SMILES string of the molecule is Cc1ccc(CNC(=O)N2CCCCC2CNS(C)(=O)=O)cn1. The van der Waals surface area contributed by atoms with Crippen LogP contribution in [-0.4, -0.2) is 49.7 Å². The predicted molar refractivity (Wildman–Crippen MR) is 88.4 cm³/mol. The number of amides is 2. The Labute approximate surface area is 137 Å². The van der Waals surface area contributed by atoms with Crippen LogP contribution in [0.1, 0.15) is 30.5 Å². The first-order valence-electron chi connectivity index (χ1n) is 7.76. The van der Waals surface area contributed by atoms with Crippen molar-refractivity contribution in [3.63, 3.8) is 0 Å². The molecule has 0 radical (unpaired) electrons. The zero-order valence-corrected chi connectivity index (χ0v) is 14.4.